The number of imidazole rings is 1. The minimum absolute atomic E-state index is 0.00868. The van der Waals surface area contributed by atoms with E-state index in [4.69, 9.17) is 16.6 Å². The van der Waals surface area contributed by atoms with Crippen LogP contribution in [-0.2, 0) is 28.9 Å². The molecule has 0 spiro atoms. The molecule has 1 heterocycles. The number of halogens is 1. The Hall–Kier alpha value is -3.12. The van der Waals surface area contributed by atoms with Crippen molar-refractivity contribution in [3.05, 3.63) is 82.4 Å². The molecule has 168 valence electrons. The Labute approximate surface area is 193 Å². The Morgan fingerprint density at radius 1 is 1.12 bits per heavy atom. The number of para-hydroxylation sites is 1. The number of amides is 1. The zero-order chi connectivity index (χ0) is 23.1. The lowest BCUT2D eigenvalue weighted by molar-refractivity contribution is -0.141. The van der Waals surface area contributed by atoms with Crippen molar-refractivity contribution >= 4 is 23.5 Å². The summed E-state index contributed by atoms with van der Waals surface area (Å²) < 4.78 is 1.94. The van der Waals surface area contributed by atoms with Gasteiger partial charge in [-0.05, 0) is 31.0 Å². The predicted molar refractivity (Wildman–Crippen MR) is 125 cm³/mol. The van der Waals surface area contributed by atoms with Crippen LogP contribution in [-0.4, -0.2) is 32.6 Å². The first-order valence-corrected chi connectivity index (χ1v) is 11.2. The van der Waals surface area contributed by atoms with Gasteiger partial charge in [-0.25, -0.2) is 9.78 Å². The van der Waals surface area contributed by atoms with Crippen LogP contribution in [0, 0.1) is 6.92 Å². The molecule has 6 nitrogen and oxygen atoms in total. The van der Waals surface area contributed by atoms with Gasteiger partial charge >= 0.3 is 5.97 Å². The van der Waals surface area contributed by atoms with Gasteiger partial charge in [-0.2, -0.15) is 0 Å². The van der Waals surface area contributed by atoms with Crippen LogP contribution in [0.3, 0.4) is 0 Å². The van der Waals surface area contributed by atoms with E-state index in [2.05, 4.69) is 12.2 Å². The average molecular weight is 454 g/mol. The number of carbonyl (C=O) groups excluding carboxylic acids is 1. The Bertz CT molecular complexity index is 1080. The minimum Gasteiger partial charge on any atom is -0.480 e. The fraction of sp³-hybridized carbons (Fsp3) is 0.320. The van der Waals surface area contributed by atoms with E-state index in [-0.39, 0.29) is 18.7 Å². The number of carboxylic acid groups (broad SMARTS) is 1. The van der Waals surface area contributed by atoms with Gasteiger partial charge in [0.2, 0.25) is 5.91 Å². The van der Waals surface area contributed by atoms with Crippen LogP contribution >= 0.6 is 11.6 Å². The van der Waals surface area contributed by atoms with Gasteiger partial charge in [-0.15, -0.1) is 0 Å². The molecule has 0 unspecified atom stereocenters. The first-order chi connectivity index (χ1) is 15.4. The van der Waals surface area contributed by atoms with Gasteiger partial charge in [0.1, 0.15) is 11.9 Å². The first kappa shape index (κ1) is 23.5. The number of nitrogens with zero attached hydrogens (tertiary/aromatic N) is 2. The second-order valence-corrected chi connectivity index (χ2v) is 8.18. The van der Waals surface area contributed by atoms with Crippen molar-refractivity contribution in [2.45, 2.75) is 52.0 Å². The monoisotopic (exact) mass is 453 g/mol. The van der Waals surface area contributed by atoms with Gasteiger partial charge in [0.15, 0.2) is 0 Å². The van der Waals surface area contributed by atoms with Crippen molar-refractivity contribution in [2.24, 2.45) is 0 Å². The largest absolute Gasteiger partial charge is 0.480 e. The molecule has 1 amide bonds. The normalized spacial score (nSPS) is 11.8. The lowest BCUT2D eigenvalue weighted by atomic mass is 10.1. The smallest absolute Gasteiger partial charge is 0.326 e. The van der Waals surface area contributed by atoms with Crippen molar-refractivity contribution in [1.82, 2.24) is 14.9 Å². The van der Waals surface area contributed by atoms with Crippen molar-refractivity contribution in [2.75, 3.05) is 0 Å². The minimum atomic E-state index is -1.07. The Kier molecular flexibility index (Phi) is 8.06. The highest BCUT2D eigenvalue weighted by Gasteiger charge is 2.24. The van der Waals surface area contributed by atoms with Gasteiger partial charge in [-0.1, -0.05) is 67.4 Å². The molecule has 0 radical (unpaired) electrons. The summed E-state index contributed by atoms with van der Waals surface area (Å²) in [5, 5.41) is 12.9. The van der Waals surface area contributed by atoms with Crippen LogP contribution < -0.4 is 5.32 Å². The third-order valence-electron chi connectivity index (χ3n) is 5.33. The number of nitrogens with one attached hydrogen (secondary N) is 1. The van der Waals surface area contributed by atoms with Gasteiger partial charge in [-0.3, -0.25) is 9.36 Å². The summed E-state index contributed by atoms with van der Waals surface area (Å²) in [7, 11) is 0. The molecule has 0 saturated carbocycles. The highest BCUT2D eigenvalue weighted by atomic mass is 35.5. The summed E-state index contributed by atoms with van der Waals surface area (Å²) in [5.41, 5.74) is 3.06. The highest BCUT2D eigenvalue weighted by Crippen LogP contribution is 2.26. The third kappa shape index (κ3) is 5.77. The quantitative estimate of drug-likeness (QED) is 0.472. The van der Waals surface area contributed by atoms with Crippen LogP contribution in [0.15, 0.2) is 54.6 Å². The lowest BCUT2D eigenvalue weighted by Gasteiger charge is -2.17. The summed E-state index contributed by atoms with van der Waals surface area (Å²) >= 11 is 6.47. The van der Waals surface area contributed by atoms with Crippen molar-refractivity contribution in [3.8, 4) is 5.69 Å². The zero-order valence-electron chi connectivity index (χ0n) is 18.3. The molecule has 3 rings (SSSR count). The molecule has 0 aliphatic carbocycles. The summed E-state index contributed by atoms with van der Waals surface area (Å²) in [6.07, 6.45) is 2.96. The lowest BCUT2D eigenvalue weighted by Crippen LogP contribution is -2.43. The molecule has 2 N–H and O–H groups in total. The number of benzene rings is 2. The summed E-state index contributed by atoms with van der Waals surface area (Å²) in [6.45, 7) is 3.98. The number of rotatable bonds is 10. The molecule has 32 heavy (non-hydrogen) atoms. The molecule has 0 bridgehead atoms. The van der Waals surface area contributed by atoms with Crippen LogP contribution in [0.5, 0.6) is 0 Å². The summed E-state index contributed by atoms with van der Waals surface area (Å²) in [4.78, 5) is 29.4. The molecule has 2 aromatic carbocycles. The molecule has 0 aliphatic heterocycles. The highest BCUT2D eigenvalue weighted by molar-refractivity contribution is 6.32. The standard InChI is InChI=1S/C25H28ClN3O3/c1-3-4-14-23-27-17(2)22(29(23)21-13-9-8-12-19(21)26)16-24(30)28-20(25(31)32)15-18-10-6-5-7-11-18/h5-13,20H,3-4,14-16H2,1-2H3,(H,28,30)(H,31,32)/t20-/m0/s1. The van der Waals surface area contributed by atoms with Crippen molar-refractivity contribution in [3.63, 3.8) is 0 Å². The maximum atomic E-state index is 12.9. The number of carboxylic acids is 1. The molecular weight excluding hydrogens is 426 g/mol. The van der Waals surface area contributed by atoms with Crippen molar-refractivity contribution in [1.29, 1.82) is 0 Å². The van der Waals surface area contributed by atoms with Crippen LogP contribution in [0.1, 0.15) is 42.5 Å². The fourth-order valence-corrected chi connectivity index (χ4v) is 3.92. The van der Waals surface area contributed by atoms with E-state index in [0.29, 0.717) is 10.7 Å². The first-order valence-electron chi connectivity index (χ1n) is 10.8. The van der Waals surface area contributed by atoms with E-state index < -0.39 is 12.0 Å². The van der Waals surface area contributed by atoms with Gasteiger partial charge in [0.25, 0.3) is 0 Å². The van der Waals surface area contributed by atoms with E-state index in [1.165, 1.54) is 0 Å². The Morgan fingerprint density at radius 2 is 1.81 bits per heavy atom. The van der Waals surface area contributed by atoms with Gasteiger partial charge < -0.3 is 10.4 Å². The molecular formula is C25H28ClN3O3. The van der Waals surface area contributed by atoms with E-state index in [1.54, 1.807) is 6.07 Å². The summed E-state index contributed by atoms with van der Waals surface area (Å²) in [5.74, 6) is -0.590. The second-order valence-electron chi connectivity index (χ2n) is 7.78. The van der Waals surface area contributed by atoms with E-state index in [9.17, 15) is 14.7 Å². The maximum absolute atomic E-state index is 12.9. The molecule has 1 aromatic heterocycles. The average Bonchev–Trinajstić information content (AvgIpc) is 3.07. The molecule has 7 heteroatoms. The molecule has 1 atom stereocenters. The van der Waals surface area contributed by atoms with Crippen LogP contribution in [0.25, 0.3) is 5.69 Å². The van der Waals surface area contributed by atoms with Crippen LogP contribution in [0.4, 0.5) is 0 Å². The number of aliphatic carboxylic acids is 1. The Morgan fingerprint density at radius 3 is 2.47 bits per heavy atom. The number of carbonyl (C=O) groups is 2. The third-order valence-corrected chi connectivity index (χ3v) is 5.65. The van der Waals surface area contributed by atoms with E-state index in [0.717, 1.165) is 42.0 Å². The topological polar surface area (TPSA) is 84.2 Å². The number of aromatic nitrogens is 2. The zero-order valence-corrected chi connectivity index (χ0v) is 19.1. The number of aryl methyl sites for hydroxylation is 2. The number of unbranched alkanes of at least 4 members (excludes halogenated alkanes) is 1. The van der Waals surface area contributed by atoms with E-state index >= 15 is 0 Å². The van der Waals surface area contributed by atoms with Crippen LogP contribution in [0.2, 0.25) is 5.02 Å². The second kappa shape index (κ2) is 11.0. The van der Waals surface area contributed by atoms with Crippen molar-refractivity contribution < 1.29 is 14.7 Å². The van der Waals surface area contributed by atoms with Gasteiger partial charge in [0.05, 0.1) is 28.5 Å². The molecule has 0 fully saturated rings. The molecule has 0 aliphatic rings. The molecule has 3 aromatic rings. The number of hydrogen-bond acceptors (Lipinski definition) is 3. The molecule has 0 saturated heterocycles. The van der Waals surface area contributed by atoms with E-state index in [1.807, 2.05) is 60.0 Å². The van der Waals surface area contributed by atoms with Gasteiger partial charge in [0, 0.05) is 12.8 Å². The SMILES string of the molecule is CCCCc1nc(C)c(CC(=O)N[C@@H](Cc2ccccc2)C(=O)O)n1-c1ccccc1Cl. The number of hydrogen-bond donors (Lipinski definition) is 2. The summed E-state index contributed by atoms with van der Waals surface area (Å²) in [6, 6.07) is 15.7. The fourth-order valence-electron chi connectivity index (χ4n) is 3.70. The maximum Gasteiger partial charge on any atom is 0.326 e. The predicted octanol–water partition coefficient (Wildman–Crippen LogP) is 4.53. The Balaban J connectivity index is 1.87.